The molecule has 2 aromatic rings. The fraction of sp³-hybridized carbons (Fsp3) is 0.125. The molecule has 3 heteroatoms. The lowest BCUT2D eigenvalue weighted by atomic mass is 10.3. The highest BCUT2D eigenvalue weighted by Gasteiger charge is 1.99. The second-order valence-corrected chi connectivity index (χ2v) is 2.45. The van der Waals surface area contributed by atoms with Crippen LogP contribution in [0.2, 0.25) is 0 Å². The van der Waals surface area contributed by atoms with Gasteiger partial charge in [-0.3, -0.25) is 14.6 Å². The maximum atomic E-state index is 11.2. The van der Waals surface area contributed by atoms with E-state index in [1.165, 1.54) is 4.68 Å². The van der Waals surface area contributed by atoms with Crippen molar-refractivity contribution < 1.29 is 0 Å². The van der Waals surface area contributed by atoms with Crippen LogP contribution in [0.15, 0.2) is 23.0 Å². The van der Waals surface area contributed by atoms with Crippen LogP contribution in [0.5, 0.6) is 0 Å². The molecule has 1 heterocycles. The van der Waals surface area contributed by atoms with E-state index in [1.54, 1.807) is 25.2 Å². The van der Waals surface area contributed by atoms with E-state index in [9.17, 15) is 4.79 Å². The quantitative estimate of drug-likeness (QED) is 0.584. The summed E-state index contributed by atoms with van der Waals surface area (Å²) in [5, 5.41) is 3.61. The van der Waals surface area contributed by atoms with Crippen molar-refractivity contribution in [1.29, 1.82) is 0 Å². The molecule has 0 bridgehead atoms. The predicted octanol–water partition coefficient (Wildman–Crippen LogP) is 0.667. The summed E-state index contributed by atoms with van der Waals surface area (Å²) in [6.07, 6.45) is 0. The Bertz CT molecular complexity index is 439. The van der Waals surface area contributed by atoms with Crippen LogP contribution in [-0.2, 0) is 7.05 Å². The Morgan fingerprint density at radius 1 is 1.64 bits per heavy atom. The summed E-state index contributed by atoms with van der Waals surface area (Å²) in [6, 6.07) is 8.14. The van der Waals surface area contributed by atoms with Crippen molar-refractivity contribution in [3.05, 3.63) is 34.6 Å². The van der Waals surface area contributed by atoms with E-state index in [1.807, 2.05) is 0 Å². The molecule has 0 saturated carbocycles. The van der Waals surface area contributed by atoms with E-state index in [2.05, 4.69) is 11.2 Å². The van der Waals surface area contributed by atoms with Crippen molar-refractivity contribution in [3.63, 3.8) is 0 Å². The first kappa shape index (κ1) is 6.22. The third-order valence-electron chi connectivity index (χ3n) is 1.69. The first-order valence-corrected chi connectivity index (χ1v) is 3.34. The van der Waals surface area contributed by atoms with Crippen LogP contribution in [0.3, 0.4) is 0 Å². The number of nitrogens with zero attached hydrogens (tertiary/aromatic N) is 1. The van der Waals surface area contributed by atoms with Crippen molar-refractivity contribution in [2.75, 3.05) is 0 Å². The summed E-state index contributed by atoms with van der Waals surface area (Å²) in [7, 11) is 1.70. The zero-order valence-electron chi connectivity index (χ0n) is 6.09. The van der Waals surface area contributed by atoms with Crippen molar-refractivity contribution >= 4 is 10.9 Å². The molecule has 1 aromatic heterocycles. The van der Waals surface area contributed by atoms with Crippen LogP contribution in [0.1, 0.15) is 0 Å². The number of aromatic nitrogens is 2. The standard InChI is InChI=1S/C8H7N2O/c1-10-8(11)6-4-2-3-5-7(6)9-10/h2,4-5,9H,1H3. The normalized spacial score (nSPS) is 10.6. The van der Waals surface area contributed by atoms with Gasteiger partial charge in [0.1, 0.15) is 0 Å². The lowest BCUT2D eigenvalue weighted by molar-refractivity contribution is 0.751. The smallest absolute Gasteiger partial charge is 0.274 e. The largest absolute Gasteiger partial charge is 0.295 e. The van der Waals surface area contributed by atoms with Gasteiger partial charge in [-0.05, 0) is 18.2 Å². The number of fused-ring (bicyclic) bond motifs is 1. The summed E-state index contributed by atoms with van der Waals surface area (Å²) < 4.78 is 1.46. The molecule has 2 rings (SSSR count). The lowest BCUT2D eigenvalue weighted by Gasteiger charge is -1.82. The molecule has 0 atom stereocenters. The van der Waals surface area contributed by atoms with Gasteiger partial charge in [-0.25, -0.2) is 0 Å². The first-order valence-electron chi connectivity index (χ1n) is 3.34. The molecule has 3 nitrogen and oxygen atoms in total. The van der Waals surface area contributed by atoms with Crippen LogP contribution >= 0.6 is 0 Å². The SMILES string of the molecule is Cn1[nH]c2c[c]ccc2c1=O. The Kier molecular flexibility index (Phi) is 1.12. The van der Waals surface area contributed by atoms with Gasteiger partial charge in [0.25, 0.3) is 5.56 Å². The summed E-state index contributed by atoms with van der Waals surface area (Å²) in [6.45, 7) is 0. The van der Waals surface area contributed by atoms with Gasteiger partial charge in [-0.2, -0.15) is 0 Å². The average Bonchev–Trinajstić information content (AvgIpc) is 2.30. The minimum atomic E-state index is 0.00833. The first-order chi connectivity index (χ1) is 5.29. The molecule has 55 valence electrons. The molecule has 0 unspecified atom stereocenters. The summed E-state index contributed by atoms with van der Waals surface area (Å²) >= 11 is 0. The molecule has 0 amide bonds. The fourth-order valence-electron chi connectivity index (χ4n) is 1.12. The Labute approximate surface area is 63.2 Å². The average molecular weight is 147 g/mol. The van der Waals surface area contributed by atoms with Crippen molar-refractivity contribution in [2.24, 2.45) is 7.05 Å². The molecule has 0 aliphatic carbocycles. The Morgan fingerprint density at radius 3 is 3.18 bits per heavy atom. The van der Waals surface area contributed by atoms with Crippen LogP contribution in [-0.4, -0.2) is 9.78 Å². The highest BCUT2D eigenvalue weighted by molar-refractivity contribution is 5.77. The molecule has 0 fully saturated rings. The number of benzene rings is 1. The Morgan fingerprint density at radius 2 is 2.45 bits per heavy atom. The van der Waals surface area contributed by atoms with Gasteiger partial charge in [0.05, 0.1) is 10.9 Å². The molecule has 0 aliphatic heterocycles. The van der Waals surface area contributed by atoms with Gasteiger partial charge in [0.15, 0.2) is 0 Å². The lowest BCUT2D eigenvalue weighted by Crippen LogP contribution is -2.10. The number of nitrogens with one attached hydrogen (secondary N) is 1. The van der Waals surface area contributed by atoms with Crippen LogP contribution in [0.4, 0.5) is 0 Å². The third-order valence-corrected chi connectivity index (χ3v) is 1.69. The molecule has 11 heavy (non-hydrogen) atoms. The third kappa shape index (κ3) is 0.774. The molecular weight excluding hydrogens is 140 g/mol. The molecule has 1 N–H and O–H groups in total. The summed E-state index contributed by atoms with van der Waals surface area (Å²) in [4.78, 5) is 11.2. The van der Waals surface area contributed by atoms with Gasteiger partial charge in [0.2, 0.25) is 0 Å². The molecule has 0 aliphatic rings. The summed E-state index contributed by atoms with van der Waals surface area (Å²) in [5.41, 5.74) is 0.842. The molecule has 0 spiro atoms. The Hall–Kier alpha value is -1.51. The minimum absolute atomic E-state index is 0.00833. The highest BCUT2D eigenvalue weighted by Crippen LogP contribution is 2.03. The van der Waals surface area contributed by atoms with Gasteiger partial charge in [-0.15, -0.1) is 0 Å². The van der Waals surface area contributed by atoms with E-state index < -0.39 is 0 Å². The predicted molar refractivity (Wildman–Crippen MR) is 42.4 cm³/mol. The monoisotopic (exact) mass is 147 g/mol. The van der Waals surface area contributed by atoms with E-state index in [-0.39, 0.29) is 5.56 Å². The van der Waals surface area contributed by atoms with Crippen LogP contribution in [0.25, 0.3) is 10.9 Å². The second-order valence-electron chi connectivity index (χ2n) is 2.45. The second kappa shape index (κ2) is 1.99. The van der Waals surface area contributed by atoms with E-state index in [4.69, 9.17) is 0 Å². The van der Waals surface area contributed by atoms with E-state index >= 15 is 0 Å². The number of hydrogen-bond acceptors (Lipinski definition) is 1. The van der Waals surface area contributed by atoms with Gasteiger partial charge in [-0.1, -0.05) is 6.07 Å². The van der Waals surface area contributed by atoms with Crippen LogP contribution in [0, 0.1) is 6.07 Å². The summed E-state index contributed by atoms with van der Waals surface area (Å²) in [5.74, 6) is 0. The number of aromatic amines is 1. The van der Waals surface area contributed by atoms with Gasteiger partial charge < -0.3 is 0 Å². The fourth-order valence-corrected chi connectivity index (χ4v) is 1.12. The zero-order valence-corrected chi connectivity index (χ0v) is 6.09. The highest BCUT2D eigenvalue weighted by atomic mass is 16.1. The molecule has 0 saturated heterocycles. The topological polar surface area (TPSA) is 37.8 Å². The van der Waals surface area contributed by atoms with Crippen molar-refractivity contribution in [2.45, 2.75) is 0 Å². The Balaban J connectivity index is 3.04. The van der Waals surface area contributed by atoms with Crippen molar-refractivity contribution in [1.82, 2.24) is 9.78 Å². The molecule has 1 radical (unpaired) electrons. The number of aryl methyl sites for hydroxylation is 1. The number of H-pyrrole nitrogens is 1. The maximum Gasteiger partial charge on any atom is 0.274 e. The van der Waals surface area contributed by atoms with Crippen molar-refractivity contribution in [3.8, 4) is 0 Å². The number of hydrogen-bond donors (Lipinski definition) is 1. The molecular formula is C8H7N2O. The maximum absolute atomic E-state index is 11.2. The van der Waals surface area contributed by atoms with E-state index in [0.29, 0.717) is 5.39 Å². The van der Waals surface area contributed by atoms with Crippen LogP contribution < -0.4 is 5.56 Å². The van der Waals surface area contributed by atoms with Gasteiger partial charge in [0, 0.05) is 7.05 Å². The molecule has 1 aromatic carbocycles. The minimum Gasteiger partial charge on any atom is -0.295 e. The van der Waals surface area contributed by atoms with Gasteiger partial charge >= 0.3 is 0 Å². The number of rotatable bonds is 0. The zero-order chi connectivity index (χ0) is 7.84. The van der Waals surface area contributed by atoms with E-state index in [0.717, 1.165) is 5.52 Å².